The number of likely N-dealkylation sites (tertiary alicyclic amines) is 1. The number of carboxylic acid groups (broad SMARTS) is 1. The number of carbonyl (C=O) groups is 3. The van der Waals surface area contributed by atoms with Gasteiger partial charge in [-0.2, -0.15) is 0 Å². The van der Waals surface area contributed by atoms with E-state index in [-0.39, 0.29) is 29.9 Å². The lowest BCUT2D eigenvalue weighted by Crippen LogP contribution is -2.51. The first-order valence-electron chi connectivity index (χ1n) is 9.67. The predicted octanol–water partition coefficient (Wildman–Crippen LogP) is 2.23. The van der Waals surface area contributed by atoms with Gasteiger partial charge in [-0.05, 0) is 50.7 Å². The average molecular weight is 373 g/mol. The number of carboxylic acids is 1. The number of hydrogen-bond donors (Lipinski definition) is 3. The van der Waals surface area contributed by atoms with Gasteiger partial charge >= 0.3 is 12.0 Å². The van der Waals surface area contributed by atoms with Crippen molar-refractivity contribution < 1.29 is 19.5 Å². The van der Waals surface area contributed by atoms with E-state index in [1.807, 2.05) is 18.2 Å². The van der Waals surface area contributed by atoms with Crippen molar-refractivity contribution in [3.63, 3.8) is 0 Å². The summed E-state index contributed by atoms with van der Waals surface area (Å²) >= 11 is 0. The second-order valence-electron chi connectivity index (χ2n) is 7.44. The van der Waals surface area contributed by atoms with Gasteiger partial charge < -0.3 is 20.6 Å². The van der Waals surface area contributed by atoms with Crippen LogP contribution in [0, 0.1) is 5.92 Å². The van der Waals surface area contributed by atoms with Crippen LogP contribution in [0.15, 0.2) is 30.3 Å². The first kappa shape index (κ1) is 19.2. The highest BCUT2D eigenvalue weighted by atomic mass is 16.4. The molecule has 1 heterocycles. The van der Waals surface area contributed by atoms with Gasteiger partial charge in [-0.15, -0.1) is 0 Å². The fourth-order valence-corrected chi connectivity index (χ4v) is 3.84. The number of hydrogen-bond acceptors (Lipinski definition) is 3. The van der Waals surface area contributed by atoms with E-state index >= 15 is 0 Å². The van der Waals surface area contributed by atoms with Crippen molar-refractivity contribution in [1.82, 2.24) is 15.5 Å². The van der Waals surface area contributed by atoms with E-state index in [2.05, 4.69) is 10.6 Å². The van der Waals surface area contributed by atoms with E-state index in [1.165, 1.54) is 0 Å². The van der Waals surface area contributed by atoms with Crippen LogP contribution in [-0.2, 0) is 4.79 Å². The van der Waals surface area contributed by atoms with Gasteiger partial charge in [0, 0.05) is 30.7 Å². The lowest BCUT2D eigenvalue weighted by molar-refractivity contribution is -0.142. The van der Waals surface area contributed by atoms with Crippen molar-refractivity contribution >= 4 is 17.9 Å². The topological polar surface area (TPSA) is 98.7 Å². The highest BCUT2D eigenvalue weighted by molar-refractivity contribution is 5.94. The Morgan fingerprint density at radius 2 is 1.44 bits per heavy atom. The van der Waals surface area contributed by atoms with Crippen LogP contribution < -0.4 is 10.6 Å². The zero-order valence-electron chi connectivity index (χ0n) is 15.4. The maximum Gasteiger partial charge on any atom is 0.317 e. The van der Waals surface area contributed by atoms with Gasteiger partial charge in [-0.25, -0.2) is 4.79 Å². The van der Waals surface area contributed by atoms with Crippen molar-refractivity contribution in [1.29, 1.82) is 0 Å². The second-order valence-corrected chi connectivity index (χ2v) is 7.44. The van der Waals surface area contributed by atoms with Gasteiger partial charge in [0.2, 0.25) is 0 Å². The SMILES string of the molecule is O=C(NC1CCN(C(=O)NC2CCC(C(=O)O)CC2)CC1)c1ccccc1. The van der Waals surface area contributed by atoms with Gasteiger partial charge in [0.1, 0.15) is 0 Å². The summed E-state index contributed by atoms with van der Waals surface area (Å²) in [6, 6.07) is 9.19. The number of urea groups is 1. The molecular formula is C20H27N3O4. The third kappa shape index (κ3) is 5.21. The van der Waals surface area contributed by atoms with Crippen LogP contribution in [0.4, 0.5) is 4.79 Å². The largest absolute Gasteiger partial charge is 0.481 e. The van der Waals surface area contributed by atoms with Crippen molar-refractivity contribution in [2.24, 2.45) is 5.92 Å². The smallest absolute Gasteiger partial charge is 0.317 e. The Morgan fingerprint density at radius 3 is 2.04 bits per heavy atom. The molecule has 1 aliphatic heterocycles. The summed E-state index contributed by atoms with van der Waals surface area (Å²) in [5, 5.41) is 15.1. The summed E-state index contributed by atoms with van der Waals surface area (Å²) in [4.78, 5) is 37.5. The molecule has 2 fully saturated rings. The van der Waals surface area contributed by atoms with Crippen LogP contribution in [0.5, 0.6) is 0 Å². The molecule has 1 saturated heterocycles. The molecule has 1 aliphatic carbocycles. The Balaban J connectivity index is 1.39. The van der Waals surface area contributed by atoms with Crippen LogP contribution >= 0.6 is 0 Å². The summed E-state index contributed by atoms with van der Waals surface area (Å²) in [6.07, 6.45) is 4.13. The van der Waals surface area contributed by atoms with Gasteiger partial charge in [0.25, 0.3) is 5.91 Å². The number of rotatable bonds is 4. The molecule has 27 heavy (non-hydrogen) atoms. The maximum atomic E-state index is 12.4. The molecule has 1 aromatic rings. The monoisotopic (exact) mass is 373 g/mol. The second kappa shape index (κ2) is 8.88. The minimum atomic E-state index is -0.737. The molecule has 3 amide bonds. The van der Waals surface area contributed by atoms with E-state index in [1.54, 1.807) is 17.0 Å². The first-order valence-corrected chi connectivity index (χ1v) is 9.67. The van der Waals surface area contributed by atoms with Gasteiger partial charge in [-0.1, -0.05) is 18.2 Å². The van der Waals surface area contributed by atoms with Crippen LogP contribution in [0.1, 0.15) is 48.9 Å². The molecule has 0 unspecified atom stereocenters. The van der Waals surface area contributed by atoms with E-state index in [0.29, 0.717) is 44.3 Å². The molecule has 0 spiro atoms. The van der Waals surface area contributed by atoms with Crippen molar-refractivity contribution in [3.8, 4) is 0 Å². The van der Waals surface area contributed by atoms with E-state index in [0.717, 1.165) is 12.8 Å². The minimum Gasteiger partial charge on any atom is -0.481 e. The summed E-state index contributed by atoms with van der Waals surface area (Å²) in [5.74, 6) is -1.09. The highest BCUT2D eigenvalue weighted by Gasteiger charge is 2.29. The number of benzene rings is 1. The Hall–Kier alpha value is -2.57. The lowest BCUT2D eigenvalue weighted by Gasteiger charge is -2.34. The Kier molecular flexibility index (Phi) is 6.32. The molecule has 1 aromatic carbocycles. The molecule has 7 nitrogen and oxygen atoms in total. The molecular weight excluding hydrogens is 346 g/mol. The Morgan fingerprint density at radius 1 is 0.852 bits per heavy atom. The lowest BCUT2D eigenvalue weighted by atomic mass is 9.86. The quantitative estimate of drug-likeness (QED) is 0.754. The van der Waals surface area contributed by atoms with E-state index in [9.17, 15) is 14.4 Å². The van der Waals surface area contributed by atoms with Crippen LogP contribution in [0.3, 0.4) is 0 Å². The van der Waals surface area contributed by atoms with Crippen molar-refractivity contribution in [3.05, 3.63) is 35.9 Å². The standard InChI is InChI=1S/C20H27N3O4/c24-18(14-4-2-1-3-5-14)21-17-10-12-23(13-11-17)20(27)22-16-8-6-15(7-9-16)19(25)26/h1-5,15-17H,6-13H2,(H,21,24)(H,22,27)(H,25,26). The number of nitrogens with zero attached hydrogens (tertiary/aromatic N) is 1. The van der Waals surface area contributed by atoms with Gasteiger partial charge in [0.05, 0.1) is 5.92 Å². The van der Waals surface area contributed by atoms with Crippen LogP contribution in [-0.4, -0.2) is 53.1 Å². The average Bonchev–Trinajstić information content (AvgIpc) is 2.69. The zero-order chi connectivity index (χ0) is 19.2. The third-order valence-corrected chi connectivity index (χ3v) is 5.56. The normalized spacial score (nSPS) is 23.5. The highest BCUT2D eigenvalue weighted by Crippen LogP contribution is 2.24. The molecule has 3 N–H and O–H groups in total. The number of piperidine rings is 1. The molecule has 146 valence electrons. The molecule has 7 heteroatoms. The van der Waals surface area contributed by atoms with Gasteiger partial charge in [-0.3, -0.25) is 9.59 Å². The fraction of sp³-hybridized carbons (Fsp3) is 0.550. The Bertz CT molecular complexity index is 663. The molecule has 0 atom stereocenters. The van der Waals surface area contributed by atoms with Crippen molar-refractivity contribution in [2.75, 3.05) is 13.1 Å². The number of nitrogens with one attached hydrogen (secondary N) is 2. The molecule has 1 saturated carbocycles. The summed E-state index contributed by atoms with van der Waals surface area (Å²) in [6.45, 7) is 1.21. The van der Waals surface area contributed by atoms with E-state index in [4.69, 9.17) is 5.11 Å². The summed E-state index contributed by atoms with van der Waals surface area (Å²) < 4.78 is 0. The van der Waals surface area contributed by atoms with E-state index < -0.39 is 5.97 Å². The third-order valence-electron chi connectivity index (χ3n) is 5.56. The van der Waals surface area contributed by atoms with Crippen molar-refractivity contribution in [2.45, 2.75) is 50.6 Å². The van der Waals surface area contributed by atoms with Crippen LogP contribution in [0.25, 0.3) is 0 Å². The molecule has 0 bridgehead atoms. The summed E-state index contributed by atoms with van der Waals surface area (Å²) in [7, 11) is 0. The minimum absolute atomic E-state index is 0.0589. The number of aliphatic carboxylic acids is 1. The molecule has 0 aromatic heterocycles. The molecule has 3 rings (SSSR count). The Labute approximate surface area is 159 Å². The number of amides is 3. The summed E-state index contributed by atoms with van der Waals surface area (Å²) in [5.41, 5.74) is 0.648. The molecule has 0 radical (unpaired) electrons. The van der Waals surface area contributed by atoms with Gasteiger partial charge in [0.15, 0.2) is 0 Å². The first-order chi connectivity index (χ1) is 13.0. The predicted molar refractivity (Wildman–Crippen MR) is 100 cm³/mol. The molecule has 2 aliphatic rings. The maximum absolute atomic E-state index is 12.4. The van der Waals surface area contributed by atoms with Crippen LogP contribution in [0.2, 0.25) is 0 Å². The fourth-order valence-electron chi connectivity index (χ4n) is 3.84. The zero-order valence-corrected chi connectivity index (χ0v) is 15.4. The number of carbonyl (C=O) groups excluding carboxylic acids is 2.